The van der Waals surface area contributed by atoms with Gasteiger partial charge in [0.15, 0.2) is 0 Å². The van der Waals surface area contributed by atoms with Crippen LogP contribution in [0.4, 0.5) is 0 Å². The van der Waals surface area contributed by atoms with Crippen LogP contribution in [0.15, 0.2) is 60.0 Å². The predicted molar refractivity (Wildman–Crippen MR) is 147 cm³/mol. The van der Waals surface area contributed by atoms with Gasteiger partial charge in [-0.1, -0.05) is 35.3 Å². The molecular formula is C26H25Cl2N5O5S. The number of halogens is 2. The molecule has 5 rings (SSSR count). The van der Waals surface area contributed by atoms with E-state index < -0.39 is 28.1 Å². The molecular weight excluding hydrogens is 565 g/mol. The molecule has 0 spiro atoms. The number of pyridine rings is 1. The Balaban J connectivity index is 1.49. The summed E-state index contributed by atoms with van der Waals surface area (Å²) in [6, 6.07) is 9.10. The summed E-state index contributed by atoms with van der Waals surface area (Å²) in [4.78, 5) is 20.9. The van der Waals surface area contributed by atoms with Crippen molar-refractivity contribution in [2.75, 3.05) is 13.6 Å². The molecule has 0 radical (unpaired) electrons. The van der Waals surface area contributed by atoms with Crippen LogP contribution in [0.2, 0.25) is 10.0 Å². The Morgan fingerprint density at radius 3 is 2.77 bits per heavy atom. The molecule has 2 aromatic heterocycles. The second kappa shape index (κ2) is 10.7. The van der Waals surface area contributed by atoms with Crippen molar-refractivity contribution in [3.8, 4) is 11.4 Å². The number of carbonyl (C=O) groups is 1. The molecule has 1 fully saturated rings. The van der Waals surface area contributed by atoms with Gasteiger partial charge in [0, 0.05) is 54.1 Å². The van der Waals surface area contributed by atoms with Crippen molar-refractivity contribution in [3.05, 3.63) is 76.4 Å². The van der Waals surface area contributed by atoms with E-state index in [4.69, 9.17) is 27.9 Å². The fourth-order valence-electron chi connectivity index (χ4n) is 4.70. The molecule has 1 saturated heterocycles. The van der Waals surface area contributed by atoms with Crippen LogP contribution in [0.1, 0.15) is 17.7 Å². The van der Waals surface area contributed by atoms with Gasteiger partial charge in [0.05, 0.1) is 23.1 Å². The Labute approximate surface area is 235 Å². The molecule has 1 aliphatic rings. The molecule has 39 heavy (non-hydrogen) atoms. The van der Waals surface area contributed by atoms with Crippen LogP contribution < -0.4 is 10.1 Å². The highest BCUT2D eigenvalue weighted by Crippen LogP contribution is 2.37. The van der Waals surface area contributed by atoms with Gasteiger partial charge in [-0.3, -0.25) is 4.79 Å². The van der Waals surface area contributed by atoms with Crippen molar-refractivity contribution in [2.24, 2.45) is 0 Å². The fraction of sp³-hybridized carbons (Fsp3) is 0.269. The van der Waals surface area contributed by atoms with Gasteiger partial charge in [-0.15, -0.1) is 0 Å². The van der Waals surface area contributed by atoms with E-state index in [1.807, 2.05) is 35.9 Å². The van der Waals surface area contributed by atoms with Crippen LogP contribution in [0.3, 0.4) is 0 Å². The Morgan fingerprint density at radius 2 is 2.05 bits per heavy atom. The van der Waals surface area contributed by atoms with Crippen LogP contribution >= 0.6 is 23.2 Å². The molecule has 3 heterocycles. The van der Waals surface area contributed by atoms with Crippen molar-refractivity contribution in [2.45, 2.75) is 37.0 Å². The number of benzene rings is 2. The number of aliphatic hydroxyl groups excluding tert-OH is 1. The maximum atomic E-state index is 13.6. The number of imidazole rings is 1. The molecule has 13 heteroatoms. The predicted octanol–water partition coefficient (Wildman–Crippen LogP) is 3.48. The lowest BCUT2D eigenvalue weighted by Gasteiger charge is -2.24. The number of rotatable bonds is 7. The lowest BCUT2D eigenvalue weighted by atomic mass is 10.1. The number of para-hydroxylation sites is 1. The van der Waals surface area contributed by atoms with Crippen LogP contribution in [0.5, 0.6) is 5.75 Å². The number of nitrogens with one attached hydrogen (secondary N) is 1. The monoisotopic (exact) mass is 589 g/mol. The van der Waals surface area contributed by atoms with Crippen LogP contribution in [0, 0.1) is 6.92 Å². The van der Waals surface area contributed by atoms with E-state index in [-0.39, 0.29) is 40.1 Å². The van der Waals surface area contributed by atoms with E-state index >= 15 is 0 Å². The van der Waals surface area contributed by atoms with Crippen molar-refractivity contribution in [1.29, 1.82) is 0 Å². The molecule has 0 saturated carbocycles. The molecule has 4 aromatic rings. The average Bonchev–Trinajstić information content (AvgIpc) is 3.58. The van der Waals surface area contributed by atoms with Crippen molar-refractivity contribution >= 4 is 50.0 Å². The van der Waals surface area contributed by atoms with E-state index in [0.717, 1.165) is 21.1 Å². The second-order valence-electron chi connectivity index (χ2n) is 9.13. The Morgan fingerprint density at radius 1 is 1.26 bits per heavy atom. The van der Waals surface area contributed by atoms with Crippen LogP contribution in [-0.2, 0) is 21.4 Å². The number of carbonyl (C=O) groups excluding carboxylic acids is 1. The quantitative estimate of drug-likeness (QED) is 0.338. The topological polar surface area (TPSA) is 127 Å². The third-order valence-corrected chi connectivity index (χ3v) is 9.40. The van der Waals surface area contributed by atoms with Gasteiger partial charge >= 0.3 is 0 Å². The summed E-state index contributed by atoms with van der Waals surface area (Å²) >= 11 is 13.1. The lowest BCUT2D eigenvalue weighted by Crippen LogP contribution is -2.44. The number of aryl methyl sites for hydroxylation is 1. The minimum Gasteiger partial charge on any atom is -0.487 e. The van der Waals surface area contributed by atoms with E-state index in [2.05, 4.69) is 15.3 Å². The van der Waals surface area contributed by atoms with E-state index in [0.29, 0.717) is 11.3 Å². The number of hydrogen-bond donors (Lipinski definition) is 2. The first-order valence-electron chi connectivity index (χ1n) is 12.0. The summed E-state index contributed by atoms with van der Waals surface area (Å²) in [6.45, 7) is 1.50. The number of likely N-dealkylation sites (N-methyl/N-ethyl adjacent to an activating group) is 1. The van der Waals surface area contributed by atoms with Gasteiger partial charge in [0.25, 0.3) is 0 Å². The molecule has 0 bridgehead atoms. The molecule has 10 nitrogen and oxygen atoms in total. The highest BCUT2D eigenvalue weighted by molar-refractivity contribution is 7.89. The van der Waals surface area contributed by atoms with Gasteiger partial charge in [-0.25, -0.2) is 18.4 Å². The zero-order chi connectivity index (χ0) is 27.9. The number of fused-ring (bicyclic) bond motifs is 1. The van der Waals surface area contributed by atoms with E-state index in [9.17, 15) is 18.3 Å². The second-order valence-corrected chi connectivity index (χ2v) is 11.8. The lowest BCUT2D eigenvalue weighted by molar-refractivity contribution is -0.123. The molecule has 1 amide bonds. The zero-order valence-corrected chi connectivity index (χ0v) is 23.3. The first kappa shape index (κ1) is 27.4. The smallest absolute Gasteiger partial charge is 0.245 e. The van der Waals surface area contributed by atoms with Crippen LogP contribution in [-0.4, -0.2) is 64.0 Å². The van der Waals surface area contributed by atoms with Crippen LogP contribution in [0.25, 0.3) is 16.6 Å². The molecule has 1 aliphatic heterocycles. The summed E-state index contributed by atoms with van der Waals surface area (Å²) in [5.41, 5.74) is 2.51. The first-order valence-corrected chi connectivity index (χ1v) is 14.2. The number of aliphatic hydroxyl groups is 1. The first-order chi connectivity index (χ1) is 18.6. The summed E-state index contributed by atoms with van der Waals surface area (Å²) in [5, 5.41) is 13.5. The molecule has 204 valence electrons. The number of hydrogen-bond acceptors (Lipinski definition) is 7. The summed E-state index contributed by atoms with van der Waals surface area (Å²) in [6.07, 6.45) is 4.22. The molecule has 0 aliphatic carbocycles. The zero-order valence-electron chi connectivity index (χ0n) is 21.0. The van der Waals surface area contributed by atoms with Gasteiger partial charge in [0.1, 0.15) is 28.8 Å². The summed E-state index contributed by atoms with van der Waals surface area (Å²) in [5.74, 6) is -0.0575. The standard InChI is InChI=1S/C26H25Cl2N5O5S/c1-15-10-20(32-9-8-30-14-32)17-4-3-5-22(25(17)31-15)38-13-18-19(27)6-7-23(24(18)28)39(36,37)33-12-16(34)11-21(33)26(35)29-2/h3-10,14,16,21,34H,11-13H2,1-2H3,(H,29,35)/t16-,21+/m1/s1. The third kappa shape index (κ3) is 5.08. The molecule has 2 atom stereocenters. The number of aromatic nitrogens is 3. The maximum absolute atomic E-state index is 13.6. The third-order valence-electron chi connectivity index (χ3n) is 6.58. The number of ether oxygens (including phenoxy) is 1. The summed E-state index contributed by atoms with van der Waals surface area (Å²) in [7, 11) is -2.85. The molecule has 0 unspecified atom stereocenters. The van der Waals surface area contributed by atoms with Gasteiger partial charge in [-0.2, -0.15) is 4.31 Å². The Bertz CT molecular complexity index is 1660. The van der Waals surface area contributed by atoms with Crippen molar-refractivity contribution < 1.29 is 23.1 Å². The number of amides is 1. The minimum atomic E-state index is -4.25. The van der Waals surface area contributed by atoms with E-state index in [1.54, 1.807) is 18.6 Å². The fourth-order valence-corrected chi connectivity index (χ4v) is 7.20. The largest absolute Gasteiger partial charge is 0.487 e. The van der Waals surface area contributed by atoms with Gasteiger partial charge in [-0.05, 0) is 31.2 Å². The summed E-state index contributed by atoms with van der Waals surface area (Å²) < 4.78 is 36.1. The minimum absolute atomic E-state index is 0.0192. The average molecular weight is 590 g/mol. The number of sulfonamides is 1. The molecule has 2 N–H and O–H groups in total. The highest BCUT2D eigenvalue weighted by atomic mass is 35.5. The van der Waals surface area contributed by atoms with Gasteiger partial charge < -0.3 is 19.7 Å². The SMILES string of the molecule is CNC(=O)[C@@H]1C[C@@H](O)CN1S(=O)(=O)c1ccc(Cl)c(COc2cccc3c(-n4ccnc4)cc(C)nc23)c1Cl. The van der Waals surface area contributed by atoms with Crippen molar-refractivity contribution in [3.63, 3.8) is 0 Å². The van der Waals surface area contributed by atoms with Gasteiger partial charge in [0.2, 0.25) is 15.9 Å². The van der Waals surface area contributed by atoms with E-state index in [1.165, 1.54) is 19.2 Å². The highest BCUT2D eigenvalue weighted by Gasteiger charge is 2.44. The maximum Gasteiger partial charge on any atom is 0.245 e. The Kier molecular flexibility index (Phi) is 7.53. The molecule has 2 aromatic carbocycles. The number of nitrogens with zero attached hydrogens (tertiary/aromatic N) is 4. The number of β-amino-alcohol motifs (C(OH)–C–C–N with tert-alkyl or cyclic N) is 1. The normalized spacial score (nSPS) is 18.0. The Hall–Kier alpha value is -3.22. The van der Waals surface area contributed by atoms with Crippen molar-refractivity contribution in [1.82, 2.24) is 24.2 Å².